The van der Waals surface area contributed by atoms with Crippen LogP contribution in [-0.4, -0.2) is 11.0 Å². The number of hydrogen-bond acceptors (Lipinski definition) is 4. The van der Waals surface area contributed by atoms with Gasteiger partial charge in [0.1, 0.15) is 16.5 Å². The third-order valence-corrected chi connectivity index (χ3v) is 5.62. The van der Waals surface area contributed by atoms with E-state index in [4.69, 9.17) is 4.74 Å². The topological polar surface area (TPSA) is 39.2 Å². The molecule has 28 heavy (non-hydrogen) atoms. The van der Waals surface area contributed by atoms with Crippen LogP contribution in [0.4, 0.5) is 0 Å². The molecule has 0 saturated carbocycles. The van der Waals surface area contributed by atoms with Crippen molar-refractivity contribution in [3.05, 3.63) is 101 Å². The maximum absolute atomic E-state index is 12.5. The van der Waals surface area contributed by atoms with E-state index in [1.54, 1.807) is 0 Å². The summed E-state index contributed by atoms with van der Waals surface area (Å²) in [5.41, 5.74) is 4.97. The fourth-order valence-corrected chi connectivity index (χ4v) is 3.89. The number of ether oxygens (including phenoxy) is 1. The van der Waals surface area contributed by atoms with Gasteiger partial charge in [-0.2, -0.15) is 0 Å². The van der Waals surface area contributed by atoms with E-state index in [0.29, 0.717) is 10.6 Å². The van der Waals surface area contributed by atoms with Gasteiger partial charge in [-0.25, -0.2) is 9.78 Å². The van der Waals surface area contributed by atoms with Gasteiger partial charge in [0.05, 0.1) is 5.69 Å². The van der Waals surface area contributed by atoms with E-state index in [1.165, 1.54) is 16.9 Å². The van der Waals surface area contributed by atoms with Crippen LogP contribution in [0, 0.1) is 6.92 Å². The summed E-state index contributed by atoms with van der Waals surface area (Å²) in [4.78, 5) is 17.6. The van der Waals surface area contributed by atoms with Crippen LogP contribution in [0.2, 0.25) is 0 Å². The molecule has 0 atom stereocenters. The highest BCUT2D eigenvalue weighted by atomic mass is 32.1. The standard InChI is InChI=1S/C24H19NO2S/c1-17-22(28-23(25-17)21-10-6-3-7-11-21)24(26)27-16-18-12-14-20(15-13-18)19-8-4-2-5-9-19/h2-15H,16H2,1H3. The molecule has 0 radical (unpaired) electrons. The summed E-state index contributed by atoms with van der Waals surface area (Å²) in [6, 6.07) is 28.1. The van der Waals surface area contributed by atoms with E-state index in [1.807, 2.05) is 79.7 Å². The van der Waals surface area contributed by atoms with Gasteiger partial charge in [-0.3, -0.25) is 0 Å². The molecule has 1 heterocycles. The predicted octanol–water partition coefficient (Wildman–Crippen LogP) is 6.14. The van der Waals surface area contributed by atoms with Gasteiger partial charge in [-0.15, -0.1) is 11.3 Å². The minimum absolute atomic E-state index is 0.242. The van der Waals surface area contributed by atoms with Gasteiger partial charge < -0.3 is 4.74 Å². The van der Waals surface area contributed by atoms with Crippen LogP contribution in [0.3, 0.4) is 0 Å². The first-order chi connectivity index (χ1) is 13.7. The SMILES string of the molecule is Cc1nc(-c2ccccc2)sc1C(=O)OCc1ccc(-c2ccccc2)cc1. The quantitative estimate of drug-likeness (QED) is 0.387. The Morgan fingerprint density at radius 2 is 1.39 bits per heavy atom. The second-order valence-electron chi connectivity index (χ2n) is 6.44. The molecule has 3 aromatic carbocycles. The molecule has 4 rings (SSSR count). The Kier molecular flexibility index (Phi) is 5.31. The van der Waals surface area contributed by atoms with Crippen LogP contribution >= 0.6 is 11.3 Å². The predicted molar refractivity (Wildman–Crippen MR) is 113 cm³/mol. The minimum Gasteiger partial charge on any atom is -0.457 e. The monoisotopic (exact) mass is 385 g/mol. The molecule has 0 fully saturated rings. The van der Waals surface area contributed by atoms with Crippen molar-refractivity contribution in [1.29, 1.82) is 0 Å². The summed E-state index contributed by atoms with van der Waals surface area (Å²) < 4.78 is 5.52. The Labute approximate surface area is 168 Å². The van der Waals surface area contributed by atoms with Gasteiger partial charge in [0, 0.05) is 5.56 Å². The van der Waals surface area contributed by atoms with Crippen molar-refractivity contribution in [3.63, 3.8) is 0 Å². The fourth-order valence-electron chi connectivity index (χ4n) is 2.93. The fraction of sp³-hybridized carbons (Fsp3) is 0.0833. The van der Waals surface area contributed by atoms with Crippen molar-refractivity contribution in [3.8, 4) is 21.7 Å². The number of carbonyl (C=O) groups is 1. The van der Waals surface area contributed by atoms with E-state index in [-0.39, 0.29) is 12.6 Å². The van der Waals surface area contributed by atoms with Gasteiger partial charge in [0.25, 0.3) is 0 Å². The molecule has 0 aliphatic heterocycles. The molecule has 3 nitrogen and oxygen atoms in total. The largest absolute Gasteiger partial charge is 0.457 e. The number of hydrogen-bond donors (Lipinski definition) is 0. The Balaban J connectivity index is 1.43. The molecule has 1 aromatic heterocycles. The smallest absolute Gasteiger partial charge is 0.350 e. The third kappa shape index (κ3) is 4.02. The normalized spacial score (nSPS) is 10.6. The van der Waals surface area contributed by atoms with Crippen LogP contribution < -0.4 is 0 Å². The highest BCUT2D eigenvalue weighted by molar-refractivity contribution is 7.17. The number of aromatic nitrogens is 1. The number of thiazole rings is 1. The van der Waals surface area contributed by atoms with E-state index in [2.05, 4.69) is 17.1 Å². The van der Waals surface area contributed by atoms with Gasteiger partial charge in [0.15, 0.2) is 0 Å². The van der Waals surface area contributed by atoms with Crippen molar-refractivity contribution in [2.75, 3.05) is 0 Å². The van der Waals surface area contributed by atoms with Crippen molar-refractivity contribution in [2.45, 2.75) is 13.5 Å². The summed E-state index contributed by atoms with van der Waals surface area (Å²) in [6.07, 6.45) is 0. The average molecular weight is 385 g/mol. The molecule has 0 aliphatic carbocycles. The number of esters is 1. The lowest BCUT2D eigenvalue weighted by Gasteiger charge is -2.06. The number of carbonyl (C=O) groups excluding carboxylic acids is 1. The highest BCUT2D eigenvalue weighted by Gasteiger charge is 2.17. The lowest BCUT2D eigenvalue weighted by molar-refractivity contribution is 0.0477. The zero-order valence-electron chi connectivity index (χ0n) is 15.5. The van der Waals surface area contributed by atoms with Gasteiger partial charge in [-0.1, -0.05) is 84.9 Å². The van der Waals surface area contributed by atoms with Crippen LogP contribution in [0.1, 0.15) is 20.9 Å². The zero-order valence-corrected chi connectivity index (χ0v) is 16.3. The molecule has 138 valence electrons. The molecule has 0 spiro atoms. The molecular formula is C24H19NO2S. The van der Waals surface area contributed by atoms with Crippen molar-refractivity contribution < 1.29 is 9.53 Å². The summed E-state index contributed by atoms with van der Waals surface area (Å²) in [7, 11) is 0. The Morgan fingerprint density at radius 3 is 2.04 bits per heavy atom. The molecule has 0 saturated heterocycles. The Morgan fingerprint density at radius 1 is 0.821 bits per heavy atom. The zero-order chi connectivity index (χ0) is 19.3. The van der Waals surface area contributed by atoms with E-state index in [0.717, 1.165) is 21.7 Å². The van der Waals surface area contributed by atoms with Crippen LogP contribution in [0.5, 0.6) is 0 Å². The first kappa shape index (κ1) is 18.1. The van der Waals surface area contributed by atoms with Crippen molar-refractivity contribution >= 4 is 17.3 Å². The first-order valence-corrected chi connectivity index (χ1v) is 9.87. The molecule has 0 unspecified atom stereocenters. The summed E-state index contributed by atoms with van der Waals surface area (Å²) >= 11 is 1.37. The summed E-state index contributed by atoms with van der Waals surface area (Å²) in [6.45, 7) is 2.08. The second-order valence-corrected chi connectivity index (χ2v) is 7.44. The van der Waals surface area contributed by atoms with Crippen LogP contribution in [0.15, 0.2) is 84.9 Å². The molecule has 4 aromatic rings. The summed E-state index contributed by atoms with van der Waals surface area (Å²) in [5.74, 6) is -0.329. The molecule has 0 amide bonds. The van der Waals surface area contributed by atoms with Crippen molar-refractivity contribution in [2.24, 2.45) is 0 Å². The van der Waals surface area contributed by atoms with Crippen molar-refractivity contribution in [1.82, 2.24) is 4.98 Å². The molecule has 0 bridgehead atoms. The van der Waals surface area contributed by atoms with Gasteiger partial charge in [-0.05, 0) is 23.6 Å². The van der Waals surface area contributed by atoms with Gasteiger partial charge >= 0.3 is 5.97 Å². The molecule has 0 N–H and O–H groups in total. The molecule has 4 heteroatoms. The average Bonchev–Trinajstić information content (AvgIpc) is 3.15. The molecular weight excluding hydrogens is 366 g/mol. The first-order valence-electron chi connectivity index (χ1n) is 9.05. The Bertz CT molecular complexity index is 1070. The van der Waals surface area contributed by atoms with E-state index >= 15 is 0 Å². The second kappa shape index (κ2) is 8.19. The maximum Gasteiger partial charge on any atom is 0.350 e. The minimum atomic E-state index is -0.329. The lowest BCUT2D eigenvalue weighted by Crippen LogP contribution is -2.04. The maximum atomic E-state index is 12.5. The van der Waals surface area contributed by atoms with E-state index in [9.17, 15) is 4.79 Å². The highest BCUT2D eigenvalue weighted by Crippen LogP contribution is 2.28. The van der Waals surface area contributed by atoms with Crippen LogP contribution in [0.25, 0.3) is 21.7 Å². The summed E-state index contributed by atoms with van der Waals surface area (Å²) in [5, 5.41) is 0.831. The Hall–Kier alpha value is -3.24. The number of rotatable bonds is 5. The number of benzene rings is 3. The van der Waals surface area contributed by atoms with Gasteiger partial charge in [0.2, 0.25) is 0 Å². The van der Waals surface area contributed by atoms with Crippen LogP contribution in [-0.2, 0) is 11.3 Å². The molecule has 0 aliphatic rings. The number of nitrogens with zero attached hydrogens (tertiary/aromatic N) is 1. The third-order valence-electron chi connectivity index (χ3n) is 4.43. The lowest BCUT2D eigenvalue weighted by atomic mass is 10.0. The number of aryl methyl sites for hydroxylation is 1. The van der Waals surface area contributed by atoms with E-state index < -0.39 is 0 Å².